The SMILES string of the molecule is CC(C)CCN(C1CC1)S(=O)(=O)c1cc(CCl)sc1Br. The summed E-state index contributed by atoms with van der Waals surface area (Å²) >= 11 is 10.6. The molecule has 0 saturated heterocycles. The lowest BCUT2D eigenvalue weighted by Crippen LogP contribution is -2.34. The molecule has 3 nitrogen and oxygen atoms in total. The van der Waals surface area contributed by atoms with Gasteiger partial charge in [0.25, 0.3) is 0 Å². The predicted molar refractivity (Wildman–Crippen MR) is 87.9 cm³/mol. The summed E-state index contributed by atoms with van der Waals surface area (Å²) < 4.78 is 28.0. The van der Waals surface area contributed by atoms with Crippen LogP contribution in [-0.4, -0.2) is 25.3 Å². The van der Waals surface area contributed by atoms with Gasteiger partial charge in [0, 0.05) is 17.5 Å². The fourth-order valence-corrected chi connectivity index (χ4v) is 6.44. The summed E-state index contributed by atoms with van der Waals surface area (Å²) in [6.45, 7) is 4.83. The topological polar surface area (TPSA) is 37.4 Å². The molecule has 0 spiro atoms. The van der Waals surface area contributed by atoms with Gasteiger partial charge < -0.3 is 0 Å². The van der Waals surface area contributed by atoms with E-state index in [9.17, 15) is 8.42 Å². The summed E-state index contributed by atoms with van der Waals surface area (Å²) in [6, 6.07) is 1.88. The molecular formula is C13H19BrClNO2S2. The van der Waals surface area contributed by atoms with Crippen molar-refractivity contribution in [2.45, 2.75) is 49.9 Å². The molecule has 0 radical (unpaired) electrons. The summed E-state index contributed by atoms with van der Waals surface area (Å²) in [5.41, 5.74) is 0. The maximum Gasteiger partial charge on any atom is 0.245 e. The second-order valence-electron chi connectivity index (χ2n) is 5.51. The van der Waals surface area contributed by atoms with Crippen LogP contribution in [0.15, 0.2) is 14.7 Å². The highest BCUT2D eigenvalue weighted by Gasteiger charge is 2.39. The summed E-state index contributed by atoms with van der Waals surface area (Å²) in [6.07, 6.45) is 2.84. The van der Waals surface area contributed by atoms with Crippen LogP contribution in [0.3, 0.4) is 0 Å². The van der Waals surface area contributed by atoms with Crippen LogP contribution in [0, 0.1) is 5.92 Å². The predicted octanol–water partition coefficient (Wildman–Crippen LogP) is 4.45. The van der Waals surface area contributed by atoms with Gasteiger partial charge in [-0.05, 0) is 47.2 Å². The van der Waals surface area contributed by atoms with Crippen LogP contribution >= 0.6 is 38.9 Å². The van der Waals surface area contributed by atoms with Crippen molar-refractivity contribution in [3.8, 4) is 0 Å². The monoisotopic (exact) mass is 399 g/mol. The van der Waals surface area contributed by atoms with Gasteiger partial charge in [0.1, 0.15) is 4.90 Å². The molecule has 0 amide bonds. The molecule has 114 valence electrons. The highest BCUT2D eigenvalue weighted by Crippen LogP contribution is 2.38. The fraction of sp³-hybridized carbons (Fsp3) is 0.692. The van der Waals surface area contributed by atoms with E-state index in [1.807, 2.05) is 0 Å². The standard InChI is InChI=1S/C13H19BrClNO2S2/c1-9(2)5-6-16(10-3-4-10)20(17,18)12-7-11(8-15)19-13(12)14/h7,9-10H,3-6,8H2,1-2H3. The molecule has 20 heavy (non-hydrogen) atoms. The minimum absolute atomic E-state index is 0.185. The van der Waals surface area contributed by atoms with Gasteiger partial charge in [0.05, 0.1) is 9.67 Å². The zero-order valence-electron chi connectivity index (χ0n) is 11.6. The van der Waals surface area contributed by atoms with Gasteiger partial charge in [-0.3, -0.25) is 0 Å². The number of halogens is 2. The van der Waals surface area contributed by atoms with Gasteiger partial charge in [-0.1, -0.05) is 13.8 Å². The van der Waals surface area contributed by atoms with E-state index in [-0.39, 0.29) is 6.04 Å². The van der Waals surface area contributed by atoms with Gasteiger partial charge in [0.15, 0.2) is 0 Å². The molecule has 0 unspecified atom stereocenters. The molecule has 0 atom stereocenters. The smallest absolute Gasteiger partial charge is 0.207 e. The molecule has 1 aromatic rings. The zero-order valence-corrected chi connectivity index (χ0v) is 15.6. The number of nitrogens with zero attached hydrogens (tertiary/aromatic N) is 1. The van der Waals surface area contributed by atoms with Crippen molar-refractivity contribution in [2.75, 3.05) is 6.54 Å². The van der Waals surface area contributed by atoms with Crippen molar-refractivity contribution in [3.63, 3.8) is 0 Å². The highest BCUT2D eigenvalue weighted by atomic mass is 79.9. The summed E-state index contributed by atoms with van der Waals surface area (Å²) in [7, 11) is -3.42. The maximum atomic E-state index is 12.8. The van der Waals surface area contributed by atoms with E-state index < -0.39 is 10.0 Å². The quantitative estimate of drug-likeness (QED) is 0.634. The fourth-order valence-electron chi connectivity index (χ4n) is 2.01. The summed E-state index contributed by atoms with van der Waals surface area (Å²) in [4.78, 5) is 1.24. The third kappa shape index (κ3) is 3.77. The second kappa shape index (κ2) is 6.65. The lowest BCUT2D eigenvalue weighted by molar-refractivity contribution is 0.373. The minimum atomic E-state index is -3.42. The van der Waals surface area contributed by atoms with Gasteiger partial charge in [-0.2, -0.15) is 4.31 Å². The Kier molecular flexibility index (Phi) is 5.57. The molecule has 1 saturated carbocycles. The lowest BCUT2D eigenvalue weighted by atomic mass is 10.1. The van der Waals surface area contributed by atoms with Crippen LogP contribution in [-0.2, 0) is 15.9 Å². The van der Waals surface area contributed by atoms with Crippen LogP contribution in [0.4, 0.5) is 0 Å². The largest absolute Gasteiger partial charge is 0.245 e. The normalized spacial score (nSPS) is 16.3. The third-order valence-electron chi connectivity index (χ3n) is 3.31. The van der Waals surface area contributed by atoms with Gasteiger partial charge >= 0.3 is 0 Å². The summed E-state index contributed by atoms with van der Waals surface area (Å²) in [5.74, 6) is 0.838. The molecule has 7 heteroatoms. The van der Waals surface area contributed by atoms with Gasteiger partial charge in [-0.25, -0.2) is 8.42 Å². The van der Waals surface area contributed by atoms with Crippen LogP contribution in [0.2, 0.25) is 0 Å². The van der Waals surface area contributed by atoms with E-state index >= 15 is 0 Å². The van der Waals surface area contributed by atoms with Crippen molar-refractivity contribution in [1.82, 2.24) is 4.31 Å². The molecule has 2 rings (SSSR count). The Morgan fingerprint density at radius 3 is 2.60 bits per heavy atom. The first-order valence-electron chi connectivity index (χ1n) is 6.72. The molecule has 1 heterocycles. The summed E-state index contributed by atoms with van der Waals surface area (Å²) in [5, 5.41) is 0. The van der Waals surface area contributed by atoms with Crippen molar-refractivity contribution >= 4 is 48.9 Å². The highest BCUT2D eigenvalue weighted by molar-refractivity contribution is 9.11. The first-order chi connectivity index (χ1) is 9.36. The van der Waals surface area contributed by atoms with E-state index in [0.717, 1.165) is 24.1 Å². The van der Waals surface area contributed by atoms with Crippen molar-refractivity contribution < 1.29 is 8.42 Å². The van der Waals surface area contributed by atoms with Crippen LogP contribution < -0.4 is 0 Å². The second-order valence-corrected chi connectivity index (χ2v) is 10.1. The number of rotatable bonds is 7. The molecule has 1 aliphatic carbocycles. The Hall–Kier alpha value is 0.380. The average Bonchev–Trinajstić information content (AvgIpc) is 3.10. The number of alkyl halides is 1. The average molecular weight is 401 g/mol. The van der Waals surface area contributed by atoms with E-state index in [1.54, 1.807) is 10.4 Å². The van der Waals surface area contributed by atoms with E-state index in [4.69, 9.17) is 11.6 Å². The van der Waals surface area contributed by atoms with E-state index in [1.165, 1.54) is 11.3 Å². The maximum absolute atomic E-state index is 12.8. The van der Waals surface area contributed by atoms with Crippen LogP contribution in [0.1, 0.15) is 38.0 Å². The van der Waals surface area contributed by atoms with Crippen molar-refractivity contribution in [1.29, 1.82) is 0 Å². The Bertz CT molecular complexity index is 567. The zero-order chi connectivity index (χ0) is 14.9. The molecule has 0 aliphatic heterocycles. The van der Waals surface area contributed by atoms with Crippen molar-refractivity contribution in [2.24, 2.45) is 5.92 Å². The van der Waals surface area contributed by atoms with Gasteiger partial charge in [0.2, 0.25) is 10.0 Å². The number of hydrogen-bond acceptors (Lipinski definition) is 3. The number of hydrogen-bond donors (Lipinski definition) is 0. The van der Waals surface area contributed by atoms with Crippen LogP contribution in [0.5, 0.6) is 0 Å². The van der Waals surface area contributed by atoms with Gasteiger partial charge in [-0.15, -0.1) is 22.9 Å². The Labute approximate surface area is 138 Å². The van der Waals surface area contributed by atoms with E-state index in [2.05, 4.69) is 29.8 Å². The van der Waals surface area contributed by atoms with Crippen LogP contribution in [0.25, 0.3) is 0 Å². The minimum Gasteiger partial charge on any atom is -0.207 e. The van der Waals surface area contributed by atoms with Crippen molar-refractivity contribution in [3.05, 3.63) is 14.7 Å². The first-order valence-corrected chi connectivity index (χ1v) is 10.3. The number of sulfonamides is 1. The molecule has 1 aliphatic rings. The molecular weight excluding hydrogens is 382 g/mol. The molecule has 0 bridgehead atoms. The Morgan fingerprint density at radius 2 is 2.15 bits per heavy atom. The third-order valence-corrected chi connectivity index (χ3v) is 7.96. The Balaban J connectivity index is 2.27. The molecule has 0 N–H and O–H groups in total. The molecule has 0 aromatic carbocycles. The van der Waals surface area contributed by atoms with E-state index in [0.29, 0.717) is 27.0 Å². The number of thiophene rings is 1. The Morgan fingerprint density at radius 1 is 1.50 bits per heavy atom. The first kappa shape index (κ1) is 16.7. The lowest BCUT2D eigenvalue weighted by Gasteiger charge is -2.22. The molecule has 1 fully saturated rings. The molecule has 1 aromatic heterocycles.